The van der Waals surface area contributed by atoms with Crippen molar-refractivity contribution < 1.29 is 17.5 Å². The van der Waals surface area contributed by atoms with Gasteiger partial charge in [0.05, 0.1) is 18.7 Å². The van der Waals surface area contributed by atoms with E-state index in [1.165, 1.54) is 12.1 Å². The average Bonchev–Trinajstić information content (AvgIpc) is 3.36. The molecule has 8 heteroatoms. The lowest BCUT2D eigenvalue weighted by Crippen LogP contribution is -2.27. The highest BCUT2D eigenvalue weighted by Crippen LogP contribution is 2.44. The Bertz CT molecular complexity index is 1620. The smallest absolute Gasteiger partial charge is 0.192 e. The molecule has 186 valence electrons. The summed E-state index contributed by atoms with van der Waals surface area (Å²) in [6, 6.07) is 14.1. The third-order valence-corrected chi connectivity index (χ3v) is 7.71. The van der Waals surface area contributed by atoms with Crippen molar-refractivity contribution in [1.82, 2.24) is 9.55 Å². The molecule has 0 amide bonds. The lowest BCUT2D eigenvalue weighted by Gasteiger charge is -2.28. The minimum atomic E-state index is -3.43. The molecule has 0 aliphatic carbocycles. The molecule has 4 aromatic rings. The van der Waals surface area contributed by atoms with Gasteiger partial charge in [-0.2, -0.15) is 0 Å². The molecule has 2 aromatic carbocycles. The van der Waals surface area contributed by atoms with E-state index >= 15 is 0 Å². The van der Waals surface area contributed by atoms with Crippen LogP contribution >= 0.6 is 0 Å². The molecular weight excluding hydrogens is 477 g/mol. The molecule has 0 fully saturated rings. The number of nitrogens with zero attached hydrogens (tertiary/aromatic N) is 3. The lowest BCUT2D eigenvalue weighted by molar-refractivity contribution is 0.144. The van der Waals surface area contributed by atoms with Crippen LogP contribution in [0.2, 0.25) is 0 Å². The van der Waals surface area contributed by atoms with Crippen LogP contribution in [-0.2, 0) is 26.5 Å². The van der Waals surface area contributed by atoms with Crippen molar-refractivity contribution in [1.29, 1.82) is 0 Å². The second kappa shape index (κ2) is 8.64. The Kier molecular flexibility index (Phi) is 5.84. The Morgan fingerprint density at radius 2 is 1.83 bits per heavy atom. The monoisotopic (exact) mass is 505 g/mol. The van der Waals surface area contributed by atoms with Crippen LogP contribution in [-0.4, -0.2) is 43.7 Å². The van der Waals surface area contributed by atoms with Gasteiger partial charge in [0.1, 0.15) is 5.82 Å². The summed E-state index contributed by atoms with van der Waals surface area (Å²) in [5.74, 6) is -0.308. The molecule has 0 unspecified atom stereocenters. The number of sulfone groups is 1. The van der Waals surface area contributed by atoms with E-state index in [1.807, 2.05) is 6.92 Å². The van der Waals surface area contributed by atoms with Gasteiger partial charge in [-0.25, -0.2) is 17.8 Å². The highest BCUT2D eigenvalue weighted by molar-refractivity contribution is 7.90. The third kappa shape index (κ3) is 4.04. The fourth-order valence-electron chi connectivity index (χ4n) is 5.10. The zero-order valence-electron chi connectivity index (χ0n) is 21.0. The highest BCUT2D eigenvalue weighted by atomic mass is 32.2. The van der Waals surface area contributed by atoms with Crippen molar-refractivity contribution in [2.45, 2.75) is 37.8 Å². The van der Waals surface area contributed by atoms with E-state index in [4.69, 9.17) is 4.74 Å². The molecule has 0 saturated carbocycles. The van der Waals surface area contributed by atoms with Gasteiger partial charge >= 0.3 is 0 Å². The van der Waals surface area contributed by atoms with Gasteiger partial charge in [0, 0.05) is 64.1 Å². The Balaban J connectivity index is 1.92. The Morgan fingerprint density at radius 3 is 2.44 bits per heavy atom. The standard InChI is InChI=1S/C28H28FN3O3S/c1-17-22-13-24-23(12-19(22)15-30-17)26(18-6-11-25(31-14-18)36(5,33)34)27(28(2,3)16-35-4)32(24)21-9-7-20(29)8-10-21/h6-14H,15-16H2,1-5H3. The molecule has 0 radical (unpaired) electrons. The summed E-state index contributed by atoms with van der Waals surface area (Å²) in [4.78, 5) is 8.90. The van der Waals surface area contributed by atoms with Crippen LogP contribution in [0.1, 0.15) is 37.6 Å². The summed E-state index contributed by atoms with van der Waals surface area (Å²) in [6.45, 7) is 7.26. The first kappa shape index (κ1) is 24.3. The first-order valence-electron chi connectivity index (χ1n) is 11.7. The number of ether oxygens (including phenoxy) is 1. The van der Waals surface area contributed by atoms with Crippen molar-refractivity contribution in [3.8, 4) is 16.8 Å². The zero-order valence-corrected chi connectivity index (χ0v) is 21.8. The quantitative estimate of drug-likeness (QED) is 0.348. The van der Waals surface area contributed by atoms with Gasteiger partial charge in [-0.1, -0.05) is 13.8 Å². The second-order valence-corrected chi connectivity index (χ2v) is 11.9. The maximum Gasteiger partial charge on any atom is 0.192 e. The average molecular weight is 506 g/mol. The van der Waals surface area contributed by atoms with Crippen LogP contribution in [0, 0.1) is 5.82 Å². The van der Waals surface area contributed by atoms with Crippen molar-refractivity contribution >= 4 is 26.5 Å². The number of aromatic nitrogens is 2. The summed E-state index contributed by atoms with van der Waals surface area (Å²) < 4.78 is 45.8. The van der Waals surface area contributed by atoms with Gasteiger partial charge in [0.15, 0.2) is 14.9 Å². The molecule has 0 atom stereocenters. The molecule has 2 aromatic heterocycles. The molecule has 0 saturated heterocycles. The van der Waals surface area contributed by atoms with E-state index < -0.39 is 15.3 Å². The third-order valence-electron chi connectivity index (χ3n) is 6.70. The number of pyridine rings is 1. The zero-order chi connectivity index (χ0) is 25.8. The predicted octanol–water partition coefficient (Wildman–Crippen LogP) is 5.48. The molecular formula is C28H28FN3O3S. The number of halogens is 1. The van der Waals surface area contributed by atoms with E-state index in [1.54, 1.807) is 37.6 Å². The lowest BCUT2D eigenvalue weighted by atomic mass is 9.85. The topological polar surface area (TPSA) is 73.6 Å². The fourth-order valence-corrected chi connectivity index (χ4v) is 5.66. The van der Waals surface area contributed by atoms with Crippen molar-refractivity contribution in [2.75, 3.05) is 20.0 Å². The van der Waals surface area contributed by atoms with Gasteiger partial charge in [-0.15, -0.1) is 0 Å². The van der Waals surface area contributed by atoms with Gasteiger partial charge in [0.2, 0.25) is 0 Å². The molecule has 1 aliphatic heterocycles. The molecule has 6 nitrogen and oxygen atoms in total. The molecule has 36 heavy (non-hydrogen) atoms. The fraction of sp³-hybridized carbons (Fsp3) is 0.286. The summed E-state index contributed by atoms with van der Waals surface area (Å²) >= 11 is 0. The number of methoxy groups -OCH3 is 1. The number of hydrogen-bond acceptors (Lipinski definition) is 5. The second-order valence-electron chi connectivity index (χ2n) is 9.94. The van der Waals surface area contributed by atoms with Crippen LogP contribution in [0.5, 0.6) is 0 Å². The Morgan fingerprint density at radius 1 is 1.11 bits per heavy atom. The van der Waals surface area contributed by atoms with E-state index in [0.717, 1.165) is 56.5 Å². The van der Waals surface area contributed by atoms with Crippen LogP contribution in [0.3, 0.4) is 0 Å². The van der Waals surface area contributed by atoms with Crippen molar-refractivity contribution in [3.63, 3.8) is 0 Å². The Labute approximate surface area is 210 Å². The first-order chi connectivity index (χ1) is 17.0. The van der Waals surface area contributed by atoms with Crippen molar-refractivity contribution in [2.24, 2.45) is 4.99 Å². The van der Waals surface area contributed by atoms with Gasteiger partial charge in [-0.3, -0.25) is 4.99 Å². The first-order valence-corrected chi connectivity index (χ1v) is 13.5. The van der Waals surface area contributed by atoms with Crippen molar-refractivity contribution in [3.05, 3.63) is 77.4 Å². The van der Waals surface area contributed by atoms with E-state index in [0.29, 0.717) is 13.2 Å². The van der Waals surface area contributed by atoms with Crippen LogP contribution < -0.4 is 0 Å². The SMILES string of the molecule is COCC(C)(C)c1c(-c2ccc(S(C)(=O)=O)nc2)c2cc3c(cc2n1-c1ccc(F)cc1)C(C)=NC3. The normalized spacial score (nSPS) is 13.8. The molecule has 5 rings (SSSR count). The van der Waals surface area contributed by atoms with Crippen LogP contribution in [0.25, 0.3) is 27.7 Å². The summed E-state index contributed by atoms with van der Waals surface area (Å²) in [5, 5.41) is 1.02. The minimum Gasteiger partial charge on any atom is -0.384 e. The number of rotatable bonds is 6. The number of benzene rings is 2. The predicted molar refractivity (Wildman–Crippen MR) is 140 cm³/mol. The van der Waals surface area contributed by atoms with E-state index in [2.05, 4.69) is 40.5 Å². The molecule has 0 bridgehead atoms. The van der Waals surface area contributed by atoms with E-state index in [-0.39, 0.29) is 10.8 Å². The Hall–Kier alpha value is -3.36. The summed E-state index contributed by atoms with van der Waals surface area (Å²) in [7, 11) is -1.76. The summed E-state index contributed by atoms with van der Waals surface area (Å²) in [5.41, 5.74) is 7.24. The largest absolute Gasteiger partial charge is 0.384 e. The van der Waals surface area contributed by atoms with Gasteiger partial charge < -0.3 is 9.30 Å². The van der Waals surface area contributed by atoms with E-state index in [9.17, 15) is 12.8 Å². The highest BCUT2D eigenvalue weighted by Gasteiger charge is 2.33. The number of aliphatic imine (C=N–C) groups is 1. The van der Waals surface area contributed by atoms with Crippen LogP contribution in [0.15, 0.2) is 64.7 Å². The van der Waals surface area contributed by atoms with Gasteiger partial charge in [0.25, 0.3) is 0 Å². The molecule has 1 aliphatic rings. The minimum absolute atomic E-state index is 0.0242. The maximum atomic E-state index is 13.9. The number of fused-ring (bicyclic) bond motifs is 2. The summed E-state index contributed by atoms with van der Waals surface area (Å²) in [6.07, 6.45) is 2.76. The maximum absolute atomic E-state index is 13.9. The molecule has 0 N–H and O–H groups in total. The van der Waals surface area contributed by atoms with Gasteiger partial charge in [-0.05, 0) is 61.0 Å². The van der Waals surface area contributed by atoms with Crippen LogP contribution in [0.4, 0.5) is 4.39 Å². The molecule has 0 spiro atoms. The number of hydrogen-bond donors (Lipinski definition) is 0. The molecule has 3 heterocycles.